The summed E-state index contributed by atoms with van der Waals surface area (Å²) in [5.41, 5.74) is 5.40. The number of phosphoric acid groups is 1. The van der Waals surface area contributed by atoms with Crippen LogP contribution in [0, 0.1) is 0 Å². The number of carbonyl (C=O) groups is 1. The van der Waals surface area contributed by atoms with E-state index in [2.05, 4.69) is 19.2 Å². The normalized spacial score (nSPS) is 13.8. The fourth-order valence-electron chi connectivity index (χ4n) is 8.44. The molecular formula is C51H105N2O6P. The number of aliphatic hydroxyl groups is 1. The first-order valence-electron chi connectivity index (χ1n) is 26.7. The molecule has 0 bridgehead atoms. The Morgan fingerprint density at radius 1 is 0.483 bits per heavy atom. The molecule has 0 aromatic heterocycles. The standard InChI is InChI=1S/C51H105N2O6P/c1-3-5-7-9-11-13-15-17-19-21-23-24-25-26-27-29-31-33-35-37-39-41-43-45-51(55)53-49(48-59-60(56,57)58-47-46-52)50(54)44-42-40-38-36-34-32-30-28-22-20-18-16-14-12-10-8-6-4-2/h49-50,54H,3-48,52H2,1-2H3,(H,53,55)(H,56,57). The van der Waals surface area contributed by atoms with Crippen LogP contribution in [0.3, 0.4) is 0 Å². The molecular weight excluding hydrogens is 768 g/mol. The number of carbonyl (C=O) groups excluding carboxylic acids is 1. The van der Waals surface area contributed by atoms with Crippen molar-refractivity contribution in [2.45, 2.75) is 302 Å². The van der Waals surface area contributed by atoms with Gasteiger partial charge in [-0.2, -0.15) is 0 Å². The van der Waals surface area contributed by atoms with Gasteiger partial charge in [-0.15, -0.1) is 0 Å². The lowest BCUT2D eigenvalue weighted by Gasteiger charge is -2.25. The van der Waals surface area contributed by atoms with Crippen LogP contribution in [0.1, 0.15) is 290 Å². The van der Waals surface area contributed by atoms with E-state index >= 15 is 0 Å². The van der Waals surface area contributed by atoms with Crippen molar-refractivity contribution in [1.29, 1.82) is 0 Å². The Morgan fingerprint density at radius 3 is 1.07 bits per heavy atom. The second-order valence-corrected chi connectivity index (χ2v) is 19.9. The van der Waals surface area contributed by atoms with Gasteiger partial charge in [0.15, 0.2) is 0 Å². The molecule has 0 aliphatic rings. The highest BCUT2D eigenvalue weighted by Gasteiger charge is 2.27. The van der Waals surface area contributed by atoms with E-state index in [9.17, 15) is 19.4 Å². The summed E-state index contributed by atoms with van der Waals surface area (Å²) in [7, 11) is -4.32. The van der Waals surface area contributed by atoms with Crippen molar-refractivity contribution in [1.82, 2.24) is 5.32 Å². The summed E-state index contributed by atoms with van der Waals surface area (Å²) >= 11 is 0. The SMILES string of the molecule is CCCCCCCCCCCCCCCCCCCCCCCCCC(=O)NC(COP(=O)(O)OCCN)C(O)CCCCCCCCCCCCCCCCCCCC. The summed E-state index contributed by atoms with van der Waals surface area (Å²) in [5, 5.41) is 13.9. The van der Waals surface area contributed by atoms with Crippen molar-refractivity contribution in [3.63, 3.8) is 0 Å². The summed E-state index contributed by atoms with van der Waals surface area (Å²) in [6.07, 6.45) is 54.2. The maximum atomic E-state index is 12.9. The third-order valence-electron chi connectivity index (χ3n) is 12.5. The van der Waals surface area contributed by atoms with Gasteiger partial charge in [0, 0.05) is 13.0 Å². The number of nitrogens with one attached hydrogen (secondary N) is 1. The van der Waals surface area contributed by atoms with Gasteiger partial charge in [-0.05, 0) is 12.8 Å². The number of aliphatic hydroxyl groups excluding tert-OH is 1. The number of nitrogens with two attached hydrogens (primary N) is 1. The van der Waals surface area contributed by atoms with Crippen LogP contribution in [0.15, 0.2) is 0 Å². The number of hydrogen-bond acceptors (Lipinski definition) is 6. The lowest BCUT2D eigenvalue weighted by atomic mass is 10.0. The van der Waals surface area contributed by atoms with Crippen molar-refractivity contribution < 1.29 is 28.4 Å². The van der Waals surface area contributed by atoms with Gasteiger partial charge in [-0.25, -0.2) is 4.57 Å². The number of hydrogen-bond donors (Lipinski definition) is 4. The zero-order valence-corrected chi connectivity index (χ0v) is 41.1. The zero-order chi connectivity index (χ0) is 43.9. The predicted molar refractivity (Wildman–Crippen MR) is 259 cm³/mol. The van der Waals surface area contributed by atoms with Crippen LogP contribution in [0.2, 0.25) is 0 Å². The van der Waals surface area contributed by atoms with Crippen molar-refractivity contribution in [2.75, 3.05) is 19.8 Å². The van der Waals surface area contributed by atoms with Crippen molar-refractivity contribution in [3.8, 4) is 0 Å². The molecule has 3 atom stereocenters. The Kier molecular flexibility index (Phi) is 47.6. The van der Waals surface area contributed by atoms with Crippen LogP contribution >= 0.6 is 7.82 Å². The van der Waals surface area contributed by atoms with E-state index in [1.165, 1.54) is 225 Å². The average Bonchev–Trinajstić information content (AvgIpc) is 3.24. The van der Waals surface area contributed by atoms with Gasteiger partial charge in [0.05, 0.1) is 25.4 Å². The Hall–Kier alpha value is -0.500. The van der Waals surface area contributed by atoms with Crippen LogP contribution < -0.4 is 11.1 Å². The third kappa shape index (κ3) is 45.5. The first-order valence-corrected chi connectivity index (χ1v) is 28.1. The second-order valence-electron chi connectivity index (χ2n) is 18.5. The molecule has 0 heterocycles. The van der Waals surface area contributed by atoms with E-state index in [0.717, 1.165) is 38.5 Å². The number of rotatable bonds is 51. The van der Waals surface area contributed by atoms with Gasteiger partial charge in [0.2, 0.25) is 5.91 Å². The highest BCUT2D eigenvalue weighted by Crippen LogP contribution is 2.43. The maximum Gasteiger partial charge on any atom is 0.472 e. The van der Waals surface area contributed by atoms with Gasteiger partial charge < -0.3 is 21.1 Å². The van der Waals surface area contributed by atoms with Crippen LogP contribution in [0.25, 0.3) is 0 Å². The monoisotopic (exact) mass is 873 g/mol. The molecule has 0 saturated heterocycles. The minimum Gasteiger partial charge on any atom is -0.391 e. The summed E-state index contributed by atoms with van der Waals surface area (Å²) in [4.78, 5) is 22.9. The predicted octanol–water partition coefficient (Wildman–Crippen LogP) is 15.7. The minimum absolute atomic E-state index is 0.0929. The van der Waals surface area contributed by atoms with Gasteiger partial charge in [0.1, 0.15) is 0 Å². The Labute approximate surface area is 373 Å². The van der Waals surface area contributed by atoms with Crippen LogP contribution in [0.5, 0.6) is 0 Å². The molecule has 0 rings (SSSR count). The van der Waals surface area contributed by atoms with E-state index in [4.69, 9.17) is 14.8 Å². The smallest absolute Gasteiger partial charge is 0.391 e. The number of phosphoric ester groups is 1. The molecule has 3 unspecified atom stereocenters. The Balaban J connectivity index is 3.97. The van der Waals surface area contributed by atoms with Crippen molar-refractivity contribution in [2.24, 2.45) is 5.73 Å². The molecule has 0 fully saturated rings. The molecule has 0 aromatic carbocycles. The van der Waals surface area contributed by atoms with E-state index in [1.807, 2.05) is 0 Å². The van der Waals surface area contributed by atoms with Crippen molar-refractivity contribution >= 4 is 13.7 Å². The lowest BCUT2D eigenvalue weighted by molar-refractivity contribution is -0.123. The largest absolute Gasteiger partial charge is 0.472 e. The molecule has 8 nitrogen and oxygen atoms in total. The van der Waals surface area contributed by atoms with Gasteiger partial charge in [-0.3, -0.25) is 13.8 Å². The van der Waals surface area contributed by atoms with Gasteiger partial charge in [0.25, 0.3) is 0 Å². The van der Waals surface area contributed by atoms with Gasteiger partial charge >= 0.3 is 7.82 Å². The fraction of sp³-hybridized carbons (Fsp3) is 0.980. The summed E-state index contributed by atoms with van der Waals surface area (Å²) in [5.74, 6) is -0.153. The van der Waals surface area contributed by atoms with Crippen molar-refractivity contribution in [3.05, 3.63) is 0 Å². The lowest BCUT2D eigenvalue weighted by Crippen LogP contribution is -2.46. The maximum absolute atomic E-state index is 12.9. The molecule has 0 aliphatic heterocycles. The second kappa shape index (κ2) is 48.0. The number of unbranched alkanes of at least 4 members (excludes halogenated alkanes) is 39. The molecule has 360 valence electrons. The topological polar surface area (TPSA) is 131 Å². The van der Waals surface area contributed by atoms with E-state index in [1.54, 1.807) is 0 Å². The van der Waals surface area contributed by atoms with Crippen LogP contribution in [-0.2, 0) is 18.4 Å². The number of amides is 1. The molecule has 0 saturated carbocycles. The first-order chi connectivity index (χ1) is 29.4. The summed E-state index contributed by atoms with van der Waals surface area (Å²) in [6, 6.07) is -0.769. The van der Waals surface area contributed by atoms with Crippen LogP contribution in [-0.4, -0.2) is 47.8 Å². The molecule has 0 aromatic rings. The molecule has 0 spiro atoms. The fourth-order valence-corrected chi connectivity index (χ4v) is 9.19. The Bertz CT molecular complexity index is 911. The minimum atomic E-state index is -4.32. The van der Waals surface area contributed by atoms with E-state index < -0.39 is 20.0 Å². The quantitative estimate of drug-likeness (QED) is 0.0354. The van der Waals surface area contributed by atoms with Crippen LogP contribution in [0.4, 0.5) is 0 Å². The summed E-state index contributed by atoms with van der Waals surface area (Å²) in [6.45, 7) is 4.27. The average molecular weight is 873 g/mol. The molecule has 0 aliphatic carbocycles. The Morgan fingerprint density at radius 2 is 0.767 bits per heavy atom. The molecule has 60 heavy (non-hydrogen) atoms. The highest BCUT2D eigenvalue weighted by molar-refractivity contribution is 7.47. The first kappa shape index (κ1) is 59.5. The summed E-state index contributed by atoms with van der Waals surface area (Å²) < 4.78 is 22.3. The molecule has 1 amide bonds. The van der Waals surface area contributed by atoms with Gasteiger partial charge in [-0.1, -0.05) is 271 Å². The van der Waals surface area contributed by atoms with E-state index in [-0.39, 0.29) is 25.7 Å². The molecule has 0 radical (unpaired) electrons. The molecule has 5 N–H and O–H groups in total. The van der Waals surface area contributed by atoms with E-state index in [0.29, 0.717) is 12.8 Å². The third-order valence-corrected chi connectivity index (χ3v) is 13.4. The highest BCUT2D eigenvalue weighted by atomic mass is 31.2. The molecule has 9 heteroatoms. The zero-order valence-electron chi connectivity index (χ0n) is 40.2.